The predicted molar refractivity (Wildman–Crippen MR) is 117 cm³/mol. The zero-order valence-corrected chi connectivity index (χ0v) is 16.6. The maximum Gasteiger partial charge on any atom is 0.271 e. The maximum absolute atomic E-state index is 12.9. The second-order valence-corrected chi connectivity index (χ2v) is 8.38. The highest BCUT2D eigenvalue weighted by Crippen LogP contribution is 2.54. The zero-order chi connectivity index (χ0) is 20.7. The van der Waals surface area contributed by atoms with Crippen LogP contribution in [0.3, 0.4) is 0 Å². The lowest BCUT2D eigenvalue weighted by Crippen LogP contribution is -2.38. The lowest BCUT2D eigenvalue weighted by atomic mass is 9.92. The molecule has 152 valence electrons. The average molecular weight is 401 g/mol. The summed E-state index contributed by atoms with van der Waals surface area (Å²) in [6.45, 7) is 1.70. The van der Waals surface area contributed by atoms with Gasteiger partial charge in [0.1, 0.15) is 0 Å². The minimum atomic E-state index is -0.353. The van der Waals surface area contributed by atoms with Crippen molar-refractivity contribution in [2.75, 3.05) is 18.0 Å². The normalized spacial score (nSPS) is 19.6. The summed E-state index contributed by atoms with van der Waals surface area (Å²) in [6, 6.07) is 20.8. The van der Waals surface area contributed by atoms with E-state index in [4.69, 9.17) is 0 Å². The van der Waals surface area contributed by atoms with E-state index in [1.54, 1.807) is 12.1 Å². The molecule has 3 aromatic rings. The molecule has 1 spiro atoms. The molecule has 1 saturated heterocycles. The molecule has 1 aliphatic heterocycles. The Bertz CT molecular complexity index is 1130. The van der Waals surface area contributed by atoms with Crippen molar-refractivity contribution in [3.8, 4) is 0 Å². The molecule has 2 aliphatic rings. The van der Waals surface area contributed by atoms with Crippen molar-refractivity contribution in [3.05, 3.63) is 82.4 Å². The maximum atomic E-state index is 12.9. The van der Waals surface area contributed by atoms with Crippen LogP contribution in [0.15, 0.2) is 66.7 Å². The van der Waals surface area contributed by atoms with Gasteiger partial charge in [-0.15, -0.1) is 0 Å². The van der Waals surface area contributed by atoms with Crippen molar-refractivity contribution in [1.82, 2.24) is 5.32 Å². The summed E-state index contributed by atoms with van der Waals surface area (Å²) in [7, 11) is 0. The van der Waals surface area contributed by atoms with Crippen LogP contribution in [0.25, 0.3) is 10.8 Å². The molecule has 1 saturated carbocycles. The molecule has 1 N–H and O–H groups in total. The first-order chi connectivity index (χ1) is 14.6. The van der Waals surface area contributed by atoms with Crippen LogP contribution in [-0.2, 0) is 0 Å². The van der Waals surface area contributed by atoms with Crippen molar-refractivity contribution in [2.45, 2.75) is 25.3 Å². The molecule has 1 unspecified atom stereocenters. The third kappa shape index (κ3) is 3.28. The van der Waals surface area contributed by atoms with Gasteiger partial charge in [-0.3, -0.25) is 14.9 Å². The number of carbonyl (C=O) groups excluding carboxylic acids is 1. The Morgan fingerprint density at radius 3 is 2.57 bits per heavy atom. The molecule has 30 heavy (non-hydrogen) atoms. The zero-order valence-electron chi connectivity index (χ0n) is 16.6. The highest BCUT2D eigenvalue weighted by Gasteiger charge is 2.55. The monoisotopic (exact) mass is 401 g/mol. The van der Waals surface area contributed by atoms with E-state index in [2.05, 4.69) is 10.2 Å². The lowest BCUT2D eigenvalue weighted by molar-refractivity contribution is -0.384. The topological polar surface area (TPSA) is 75.5 Å². The number of hydrogen-bond acceptors (Lipinski definition) is 4. The third-order valence-electron chi connectivity index (χ3n) is 6.69. The summed E-state index contributed by atoms with van der Waals surface area (Å²) in [5.74, 6) is -0.00483. The Kier molecular flexibility index (Phi) is 4.42. The first kappa shape index (κ1) is 18.6. The highest BCUT2D eigenvalue weighted by atomic mass is 16.6. The van der Waals surface area contributed by atoms with Crippen molar-refractivity contribution < 1.29 is 9.72 Å². The van der Waals surface area contributed by atoms with E-state index < -0.39 is 0 Å². The van der Waals surface area contributed by atoms with Crippen molar-refractivity contribution >= 4 is 28.1 Å². The van der Waals surface area contributed by atoms with E-state index in [9.17, 15) is 14.9 Å². The number of rotatable bonds is 4. The standard InChI is InChI=1S/C24H23N3O3/c28-23(21-10-3-6-17-5-1-2-9-20(17)21)25-22-16-24(22)11-13-26(14-12-24)18-7-4-8-19(15-18)27(29)30/h1-10,15,22H,11-14,16H2,(H,25,28). The van der Waals surface area contributed by atoms with E-state index in [1.165, 1.54) is 6.07 Å². The van der Waals surface area contributed by atoms with Crippen LogP contribution in [0.2, 0.25) is 0 Å². The lowest BCUT2D eigenvalue weighted by Gasteiger charge is -2.34. The number of nitrogens with zero attached hydrogens (tertiary/aromatic N) is 2. The second kappa shape index (κ2) is 7.13. The summed E-state index contributed by atoms with van der Waals surface area (Å²) in [4.78, 5) is 25.8. The number of benzene rings is 3. The van der Waals surface area contributed by atoms with Gasteiger partial charge < -0.3 is 10.2 Å². The quantitative estimate of drug-likeness (QED) is 0.515. The van der Waals surface area contributed by atoms with Gasteiger partial charge in [-0.25, -0.2) is 0 Å². The fourth-order valence-electron chi connectivity index (χ4n) is 4.78. The van der Waals surface area contributed by atoms with Crippen LogP contribution >= 0.6 is 0 Å². The smallest absolute Gasteiger partial charge is 0.271 e. The predicted octanol–water partition coefficient (Wildman–Crippen LogP) is 4.54. The van der Waals surface area contributed by atoms with Crippen LogP contribution in [0.5, 0.6) is 0 Å². The summed E-state index contributed by atoms with van der Waals surface area (Å²) >= 11 is 0. The molecule has 6 heteroatoms. The number of carbonyl (C=O) groups is 1. The van der Waals surface area contributed by atoms with Crippen LogP contribution in [0, 0.1) is 15.5 Å². The first-order valence-corrected chi connectivity index (χ1v) is 10.3. The van der Waals surface area contributed by atoms with Crippen LogP contribution in [0.1, 0.15) is 29.6 Å². The number of non-ortho nitro benzene ring substituents is 1. The molecule has 0 aromatic heterocycles. The molecule has 0 bridgehead atoms. The third-order valence-corrected chi connectivity index (χ3v) is 6.69. The molecule has 1 aliphatic carbocycles. The Morgan fingerprint density at radius 2 is 1.77 bits per heavy atom. The van der Waals surface area contributed by atoms with Gasteiger partial charge in [0.25, 0.3) is 11.6 Å². The summed E-state index contributed by atoms with van der Waals surface area (Å²) in [6.07, 6.45) is 2.97. The molecule has 1 amide bonds. The minimum Gasteiger partial charge on any atom is -0.371 e. The van der Waals surface area contributed by atoms with Crippen molar-refractivity contribution in [1.29, 1.82) is 0 Å². The molecule has 2 fully saturated rings. The Balaban J connectivity index is 1.24. The number of nitro benzene ring substituents is 1. The molecular weight excluding hydrogens is 378 g/mol. The SMILES string of the molecule is O=C(NC1CC12CCN(c1cccc([N+](=O)[O-])c1)CC2)c1cccc2ccccc12. The molecule has 3 aromatic carbocycles. The van der Waals surface area contributed by atoms with Gasteiger partial charge in [0.05, 0.1) is 4.92 Å². The minimum absolute atomic E-state index is 0.00483. The van der Waals surface area contributed by atoms with Crippen LogP contribution in [0.4, 0.5) is 11.4 Å². The fraction of sp³-hybridized carbons (Fsp3) is 0.292. The number of amides is 1. The molecule has 0 radical (unpaired) electrons. The van der Waals surface area contributed by atoms with E-state index in [-0.39, 0.29) is 28.0 Å². The van der Waals surface area contributed by atoms with Crippen molar-refractivity contribution in [3.63, 3.8) is 0 Å². The van der Waals surface area contributed by atoms with E-state index in [0.717, 1.165) is 54.4 Å². The van der Waals surface area contributed by atoms with Gasteiger partial charge >= 0.3 is 0 Å². The van der Waals surface area contributed by atoms with E-state index in [1.807, 2.05) is 48.5 Å². The summed E-state index contributed by atoms with van der Waals surface area (Å²) in [5, 5.41) is 16.3. The van der Waals surface area contributed by atoms with Crippen LogP contribution in [-0.4, -0.2) is 30.0 Å². The Labute approximate surface area is 174 Å². The Hall–Kier alpha value is -3.41. The van der Waals surface area contributed by atoms with Crippen LogP contribution < -0.4 is 10.2 Å². The molecule has 5 rings (SSSR count). The fourth-order valence-corrected chi connectivity index (χ4v) is 4.78. The highest BCUT2D eigenvalue weighted by molar-refractivity contribution is 6.07. The Morgan fingerprint density at radius 1 is 1.03 bits per heavy atom. The average Bonchev–Trinajstić information content (AvgIpc) is 3.44. The van der Waals surface area contributed by atoms with Gasteiger partial charge in [0, 0.05) is 42.5 Å². The summed E-state index contributed by atoms with van der Waals surface area (Å²) < 4.78 is 0. The van der Waals surface area contributed by atoms with Gasteiger partial charge in [-0.1, -0.05) is 42.5 Å². The largest absolute Gasteiger partial charge is 0.371 e. The first-order valence-electron chi connectivity index (χ1n) is 10.3. The molecular formula is C24H23N3O3. The second-order valence-electron chi connectivity index (χ2n) is 8.38. The number of fused-ring (bicyclic) bond motifs is 1. The molecule has 1 atom stereocenters. The number of nitrogens with one attached hydrogen (secondary N) is 1. The number of anilines is 1. The number of piperidine rings is 1. The number of hydrogen-bond donors (Lipinski definition) is 1. The van der Waals surface area contributed by atoms with Gasteiger partial charge in [-0.2, -0.15) is 0 Å². The van der Waals surface area contributed by atoms with Gasteiger partial charge in [-0.05, 0) is 47.6 Å². The molecule has 1 heterocycles. The van der Waals surface area contributed by atoms with Gasteiger partial charge in [0.2, 0.25) is 0 Å². The van der Waals surface area contributed by atoms with Crippen molar-refractivity contribution in [2.24, 2.45) is 5.41 Å². The summed E-state index contributed by atoms with van der Waals surface area (Å²) in [5.41, 5.74) is 1.91. The van der Waals surface area contributed by atoms with E-state index >= 15 is 0 Å². The molecule has 6 nitrogen and oxygen atoms in total. The number of nitro groups is 1. The van der Waals surface area contributed by atoms with Gasteiger partial charge in [0.15, 0.2) is 0 Å². The van der Waals surface area contributed by atoms with E-state index in [0.29, 0.717) is 0 Å².